The zero-order valence-corrected chi connectivity index (χ0v) is 23.2. The number of amides is 1. The topological polar surface area (TPSA) is 80.7 Å². The number of hydrogen-bond acceptors (Lipinski definition) is 8. The lowest BCUT2D eigenvalue weighted by Crippen LogP contribution is -2.38. The monoisotopic (exact) mass is 535 g/mol. The fourth-order valence-corrected chi connectivity index (χ4v) is 5.34. The molecule has 2 aliphatic heterocycles. The van der Waals surface area contributed by atoms with E-state index in [0.717, 1.165) is 22.0 Å². The number of carbonyl (C=O) groups is 2. The molecule has 0 saturated carbocycles. The molecule has 1 atom stereocenters. The summed E-state index contributed by atoms with van der Waals surface area (Å²) in [4.78, 5) is 34.4. The van der Waals surface area contributed by atoms with Gasteiger partial charge in [0.1, 0.15) is 6.61 Å². The van der Waals surface area contributed by atoms with Gasteiger partial charge in [0.2, 0.25) is 5.91 Å². The van der Waals surface area contributed by atoms with Gasteiger partial charge >= 0.3 is 5.97 Å². The Morgan fingerprint density at radius 2 is 1.84 bits per heavy atom. The van der Waals surface area contributed by atoms with Crippen LogP contribution in [0.3, 0.4) is 0 Å². The first-order valence-corrected chi connectivity index (χ1v) is 13.4. The van der Waals surface area contributed by atoms with E-state index in [1.165, 1.54) is 18.9 Å². The van der Waals surface area contributed by atoms with E-state index < -0.39 is 12.0 Å². The minimum absolute atomic E-state index is 0.00789. The number of thioether (sulfide) groups is 1. The molecule has 1 amide bonds. The summed E-state index contributed by atoms with van der Waals surface area (Å²) in [6.45, 7) is 4.90. The minimum Gasteiger partial charge on any atom is -0.493 e. The van der Waals surface area contributed by atoms with Gasteiger partial charge in [-0.15, -0.1) is 0 Å². The summed E-state index contributed by atoms with van der Waals surface area (Å²) in [5.74, 6) is 0.678. The van der Waals surface area contributed by atoms with Crippen molar-refractivity contribution in [2.75, 3.05) is 27.8 Å². The van der Waals surface area contributed by atoms with Crippen molar-refractivity contribution in [3.63, 3.8) is 0 Å². The van der Waals surface area contributed by atoms with E-state index in [2.05, 4.69) is 0 Å². The van der Waals surface area contributed by atoms with Gasteiger partial charge in [-0.05, 0) is 42.0 Å². The average molecular weight is 536 g/mol. The Balaban J connectivity index is 1.74. The van der Waals surface area contributed by atoms with Crippen molar-refractivity contribution in [1.82, 2.24) is 9.80 Å². The van der Waals surface area contributed by atoms with Gasteiger partial charge in [0.15, 0.2) is 16.7 Å². The first-order valence-electron chi connectivity index (χ1n) is 12.5. The summed E-state index contributed by atoms with van der Waals surface area (Å²) in [6.07, 6.45) is 0.749. The van der Waals surface area contributed by atoms with E-state index in [0.29, 0.717) is 42.3 Å². The van der Waals surface area contributed by atoms with Crippen molar-refractivity contribution in [1.29, 1.82) is 0 Å². The number of benzene rings is 2. The van der Waals surface area contributed by atoms with Crippen LogP contribution in [-0.2, 0) is 20.9 Å². The van der Waals surface area contributed by atoms with E-state index in [4.69, 9.17) is 19.2 Å². The quantitative estimate of drug-likeness (QED) is 0.383. The number of esters is 1. The van der Waals surface area contributed by atoms with Crippen molar-refractivity contribution in [3.05, 3.63) is 82.0 Å². The molecule has 0 saturated heterocycles. The predicted octanol–water partition coefficient (Wildman–Crippen LogP) is 5.28. The van der Waals surface area contributed by atoms with Crippen LogP contribution in [0.4, 0.5) is 0 Å². The van der Waals surface area contributed by atoms with Gasteiger partial charge in [-0.3, -0.25) is 4.79 Å². The number of carbonyl (C=O) groups excluding carboxylic acids is 2. The summed E-state index contributed by atoms with van der Waals surface area (Å²) in [5.41, 5.74) is 3.74. The second-order valence-electron chi connectivity index (χ2n) is 8.87. The van der Waals surface area contributed by atoms with Crippen molar-refractivity contribution >= 4 is 28.8 Å². The minimum atomic E-state index is -0.539. The SMILES string of the molecule is CCC1=C(C(=O)OC)C(c2ccc(OCc3ccccc3)c(OC)c2)N2C(CC(=O)N(C)CC)=CSC2=N1. The predicted molar refractivity (Wildman–Crippen MR) is 149 cm³/mol. The van der Waals surface area contributed by atoms with Gasteiger partial charge in [0.05, 0.1) is 38.0 Å². The molecule has 200 valence electrons. The van der Waals surface area contributed by atoms with Crippen molar-refractivity contribution in [2.45, 2.75) is 39.3 Å². The summed E-state index contributed by atoms with van der Waals surface area (Å²) >= 11 is 1.45. The van der Waals surface area contributed by atoms with E-state index >= 15 is 0 Å². The van der Waals surface area contributed by atoms with Crippen LogP contribution in [0.2, 0.25) is 0 Å². The van der Waals surface area contributed by atoms with E-state index in [-0.39, 0.29) is 12.3 Å². The lowest BCUT2D eigenvalue weighted by Gasteiger charge is -2.37. The van der Waals surface area contributed by atoms with Crippen LogP contribution in [0, 0.1) is 0 Å². The van der Waals surface area contributed by atoms with Gasteiger partial charge in [-0.25, -0.2) is 9.79 Å². The van der Waals surface area contributed by atoms with Gasteiger partial charge in [-0.2, -0.15) is 0 Å². The molecule has 0 fully saturated rings. The van der Waals surface area contributed by atoms with Crippen LogP contribution in [0.25, 0.3) is 0 Å². The standard InChI is InChI=1S/C29H33N3O5S/c1-6-22-26(28(34)36-5)27(32-21(18-38-29(32)30-22)16-25(33)31(3)7-2)20-13-14-23(24(15-20)35-4)37-17-19-11-9-8-10-12-19/h8-15,18,27H,6-7,16-17H2,1-5H3. The van der Waals surface area contributed by atoms with E-state index in [1.807, 2.05) is 72.7 Å². The van der Waals surface area contributed by atoms with Gasteiger partial charge in [-0.1, -0.05) is 55.1 Å². The first-order chi connectivity index (χ1) is 18.4. The van der Waals surface area contributed by atoms with E-state index in [1.54, 1.807) is 19.1 Å². The number of allylic oxidation sites excluding steroid dienone is 1. The van der Waals surface area contributed by atoms with Crippen molar-refractivity contribution in [3.8, 4) is 11.5 Å². The molecule has 8 nitrogen and oxygen atoms in total. The van der Waals surface area contributed by atoms with Gasteiger partial charge in [0.25, 0.3) is 0 Å². The highest BCUT2D eigenvalue weighted by molar-refractivity contribution is 8.16. The molecule has 0 aliphatic carbocycles. The number of aliphatic imine (C=N–C) groups is 1. The molecule has 2 aromatic rings. The third kappa shape index (κ3) is 5.57. The second-order valence-corrected chi connectivity index (χ2v) is 9.71. The fraction of sp³-hybridized carbons (Fsp3) is 0.345. The molecule has 2 aliphatic rings. The maximum atomic E-state index is 13.1. The maximum absolute atomic E-state index is 13.1. The average Bonchev–Trinajstić information content (AvgIpc) is 3.36. The number of ether oxygens (including phenoxy) is 3. The Hall–Kier alpha value is -3.72. The van der Waals surface area contributed by atoms with Gasteiger partial charge < -0.3 is 24.0 Å². The number of fused-ring (bicyclic) bond motifs is 1. The molecular weight excluding hydrogens is 502 g/mol. The maximum Gasteiger partial charge on any atom is 0.338 e. The molecular formula is C29H33N3O5S. The molecule has 1 unspecified atom stereocenters. The van der Waals surface area contributed by atoms with Crippen molar-refractivity contribution < 1.29 is 23.8 Å². The molecule has 2 heterocycles. The largest absolute Gasteiger partial charge is 0.493 e. The van der Waals surface area contributed by atoms with Crippen LogP contribution in [0.1, 0.15) is 43.9 Å². The number of nitrogens with zero attached hydrogens (tertiary/aromatic N) is 3. The summed E-state index contributed by atoms with van der Waals surface area (Å²) in [7, 11) is 4.74. The Bertz CT molecular complexity index is 1290. The fourth-order valence-electron chi connectivity index (χ4n) is 4.40. The highest BCUT2D eigenvalue weighted by atomic mass is 32.2. The van der Waals surface area contributed by atoms with Crippen LogP contribution >= 0.6 is 11.8 Å². The second kappa shape index (κ2) is 12.2. The zero-order valence-electron chi connectivity index (χ0n) is 22.4. The lowest BCUT2D eigenvalue weighted by molar-refractivity contribution is -0.136. The normalized spacial score (nSPS) is 16.4. The Labute approximate surface area is 228 Å². The molecule has 4 rings (SSSR count). The number of amidine groups is 1. The molecule has 38 heavy (non-hydrogen) atoms. The van der Waals surface area contributed by atoms with Crippen LogP contribution < -0.4 is 9.47 Å². The number of hydrogen-bond donors (Lipinski definition) is 0. The number of rotatable bonds is 10. The van der Waals surface area contributed by atoms with Crippen LogP contribution in [0.5, 0.6) is 11.5 Å². The number of methoxy groups -OCH3 is 2. The zero-order chi connectivity index (χ0) is 27.2. The van der Waals surface area contributed by atoms with Gasteiger partial charge in [0, 0.05) is 19.3 Å². The third-order valence-corrected chi connectivity index (χ3v) is 7.49. The smallest absolute Gasteiger partial charge is 0.338 e. The lowest BCUT2D eigenvalue weighted by atomic mass is 9.92. The molecule has 9 heteroatoms. The van der Waals surface area contributed by atoms with Crippen molar-refractivity contribution in [2.24, 2.45) is 4.99 Å². The Kier molecular flexibility index (Phi) is 8.78. The van der Waals surface area contributed by atoms with Crippen LogP contribution in [0.15, 0.2) is 75.9 Å². The highest BCUT2D eigenvalue weighted by Crippen LogP contribution is 2.46. The third-order valence-electron chi connectivity index (χ3n) is 6.60. The molecule has 0 spiro atoms. The molecule has 2 aromatic carbocycles. The molecule has 0 radical (unpaired) electrons. The summed E-state index contributed by atoms with van der Waals surface area (Å²) in [5, 5.41) is 2.67. The Morgan fingerprint density at radius 3 is 2.50 bits per heavy atom. The summed E-state index contributed by atoms with van der Waals surface area (Å²) < 4.78 is 17.0. The molecule has 0 bridgehead atoms. The molecule has 0 N–H and O–H groups in total. The van der Waals surface area contributed by atoms with E-state index in [9.17, 15) is 9.59 Å². The molecule has 0 aromatic heterocycles. The Morgan fingerprint density at radius 1 is 1.08 bits per heavy atom. The van der Waals surface area contributed by atoms with Crippen LogP contribution in [-0.4, -0.2) is 54.7 Å². The highest BCUT2D eigenvalue weighted by Gasteiger charge is 2.42. The summed E-state index contributed by atoms with van der Waals surface area (Å²) in [6, 6.07) is 15.0. The first kappa shape index (κ1) is 27.3.